The van der Waals surface area contributed by atoms with Crippen molar-refractivity contribution in [3.8, 4) is 11.3 Å². The Bertz CT molecular complexity index is 374. The molecule has 2 rings (SSSR count). The third-order valence-corrected chi connectivity index (χ3v) is 2.71. The molecule has 0 atom stereocenters. The number of rotatable bonds is 1. The molecule has 0 fully saturated rings. The van der Waals surface area contributed by atoms with Crippen molar-refractivity contribution >= 4 is 22.6 Å². The van der Waals surface area contributed by atoms with Crippen LogP contribution in [-0.2, 0) is 0 Å². The van der Waals surface area contributed by atoms with Gasteiger partial charge < -0.3 is 0 Å². The Morgan fingerprint density at radius 3 is 2.29 bits per heavy atom. The van der Waals surface area contributed by atoms with Gasteiger partial charge in [0.2, 0.25) is 0 Å². The van der Waals surface area contributed by atoms with E-state index in [1.54, 1.807) is 0 Å². The zero-order valence-electron chi connectivity index (χ0n) is 7.87. The lowest BCUT2D eigenvalue weighted by atomic mass is 10.1. The van der Waals surface area contributed by atoms with Crippen LogP contribution in [0.3, 0.4) is 0 Å². The summed E-state index contributed by atoms with van der Waals surface area (Å²) < 4.78 is 1.17. The van der Waals surface area contributed by atoms with Crippen molar-refractivity contribution in [3.05, 3.63) is 51.7 Å². The maximum Gasteiger partial charge on any atom is 0.0702 e. The molecule has 2 heteroatoms. The number of hydrogen-bond donors (Lipinski definition) is 0. The Morgan fingerprint density at radius 2 is 1.71 bits per heavy atom. The average molecular weight is 295 g/mol. The average Bonchev–Trinajstić information content (AvgIpc) is 2.21. The van der Waals surface area contributed by atoms with Gasteiger partial charge in [-0.05, 0) is 41.6 Å². The number of hydrogen-bond acceptors (Lipinski definition) is 1. The van der Waals surface area contributed by atoms with Gasteiger partial charge in [-0.1, -0.05) is 29.8 Å². The van der Waals surface area contributed by atoms with Crippen LogP contribution in [0.4, 0.5) is 0 Å². The summed E-state index contributed by atoms with van der Waals surface area (Å²) in [7, 11) is 0. The fourth-order valence-corrected chi connectivity index (χ4v) is 1.59. The van der Waals surface area contributed by atoms with Crippen LogP contribution in [0.1, 0.15) is 5.56 Å². The summed E-state index contributed by atoms with van der Waals surface area (Å²) in [5.41, 5.74) is 3.48. The molecule has 0 bridgehead atoms. The zero-order chi connectivity index (χ0) is 9.97. The maximum atomic E-state index is 4.37. The van der Waals surface area contributed by atoms with Gasteiger partial charge in [0.05, 0.1) is 5.69 Å². The summed E-state index contributed by atoms with van der Waals surface area (Å²) in [6.07, 6.45) is 1.88. The lowest BCUT2D eigenvalue weighted by Crippen LogP contribution is -1.83. The Kier molecular flexibility index (Phi) is 2.82. The van der Waals surface area contributed by atoms with Crippen molar-refractivity contribution in [2.75, 3.05) is 0 Å². The monoisotopic (exact) mass is 295 g/mol. The molecule has 2 aromatic rings. The highest BCUT2D eigenvalue weighted by Crippen LogP contribution is 2.17. The molecule has 0 aliphatic carbocycles. The third kappa shape index (κ3) is 2.12. The van der Waals surface area contributed by atoms with E-state index < -0.39 is 0 Å². The van der Waals surface area contributed by atoms with Crippen LogP contribution >= 0.6 is 22.6 Å². The minimum atomic E-state index is 1.03. The molecular formula is C12H10IN. The van der Waals surface area contributed by atoms with Gasteiger partial charge in [0, 0.05) is 15.3 Å². The topological polar surface area (TPSA) is 12.9 Å². The van der Waals surface area contributed by atoms with Gasteiger partial charge in [0.15, 0.2) is 0 Å². The molecule has 0 unspecified atom stereocenters. The summed E-state index contributed by atoms with van der Waals surface area (Å²) in [6.45, 7) is 2.09. The Morgan fingerprint density at radius 1 is 1.00 bits per heavy atom. The first kappa shape index (κ1) is 9.65. The predicted molar refractivity (Wildman–Crippen MR) is 67.1 cm³/mol. The largest absolute Gasteiger partial charge is 0.255 e. The highest BCUT2D eigenvalue weighted by Gasteiger charge is 1.97. The van der Waals surface area contributed by atoms with Crippen molar-refractivity contribution in [2.24, 2.45) is 0 Å². The molecule has 70 valence electrons. The van der Waals surface area contributed by atoms with Crippen molar-refractivity contribution in [1.29, 1.82) is 0 Å². The van der Waals surface area contributed by atoms with Gasteiger partial charge in [-0.15, -0.1) is 0 Å². The fraction of sp³-hybridized carbons (Fsp3) is 0.0833. The van der Waals surface area contributed by atoms with Gasteiger partial charge in [0.1, 0.15) is 0 Å². The SMILES string of the molecule is Cc1ccc(-c2ccc(I)cn2)cc1. The fourth-order valence-electron chi connectivity index (χ4n) is 1.27. The molecule has 14 heavy (non-hydrogen) atoms. The Hall–Kier alpha value is -0.900. The van der Waals surface area contributed by atoms with Gasteiger partial charge >= 0.3 is 0 Å². The third-order valence-electron chi connectivity index (χ3n) is 2.07. The molecule has 0 N–H and O–H groups in total. The van der Waals surface area contributed by atoms with Crippen molar-refractivity contribution in [1.82, 2.24) is 4.98 Å². The van der Waals surface area contributed by atoms with E-state index >= 15 is 0 Å². The zero-order valence-corrected chi connectivity index (χ0v) is 10.0. The minimum absolute atomic E-state index is 1.03. The van der Waals surface area contributed by atoms with Crippen LogP contribution < -0.4 is 0 Å². The lowest BCUT2D eigenvalue weighted by molar-refractivity contribution is 1.30. The summed E-state index contributed by atoms with van der Waals surface area (Å²) in [5, 5.41) is 0. The van der Waals surface area contributed by atoms with Gasteiger partial charge in [-0.2, -0.15) is 0 Å². The van der Waals surface area contributed by atoms with Crippen molar-refractivity contribution in [2.45, 2.75) is 6.92 Å². The Balaban J connectivity index is 2.40. The number of nitrogens with zero attached hydrogens (tertiary/aromatic N) is 1. The molecule has 1 nitrogen and oxygen atoms in total. The summed E-state index contributed by atoms with van der Waals surface area (Å²) in [6, 6.07) is 12.5. The standard InChI is InChI=1S/C12H10IN/c1-9-2-4-10(5-3-9)12-7-6-11(13)8-14-12/h2-8H,1H3. The quantitative estimate of drug-likeness (QED) is 0.732. The van der Waals surface area contributed by atoms with E-state index in [4.69, 9.17) is 0 Å². The predicted octanol–water partition coefficient (Wildman–Crippen LogP) is 3.66. The molecule has 1 aromatic carbocycles. The van der Waals surface area contributed by atoms with E-state index in [0.29, 0.717) is 0 Å². The molecule has 1 aromatic heterocycles. The normalized spacial score (nSPS) is 10.1. The van der Waals surface area contributed by atoms with E-state index in [1.165, 1.54) is 14.7 Å². The highest BCUT2D eigenvalue weighted by molar-refractivity contribution is 14.1. The number of aryl methyl sites for hydroxylation is 1. The first-order chi connectivity index (χ1) is 6.75. The van der Waals surface area contributed by atoms with Gasteiger partial charge in [0.25, 0.3) is 0 Å². The van der Waals surface area contributed by atoms with Crippen LogP contribution in [0, 0.1) is 10.5 Å². The van der Waals surface area contributed by atoms with Crippen molar-refractivity contribution < 1.29 is 0 Å². The molecule has 0 radical (unpaired) electrons. The van der Waals surface area contributed by atoms with E-state index in [-0.39, 0.29) is 0 Å². The van der Waals surface area contributed by atoms with Crippen LogP contribution in [0.25, 0.3) is 11.3 Å². The van der Waals surface area contributed by atoms with Gasteiger partial charge in [-0.25, -0.2) is 0 Å². The first-order valence-electron chi connectivity index (χ1n) is 4.44. The highest BCUT2D eigenvalue weighted by atomic mass is 127. The van der Waals surface area contributed by atoms with Crippen LogP contribution in [0.5, 0.6) is 0 Å². The molecule has 0 aliphatic rings. The molecule has 0 aliphatic heterocycles. The number of halogens is 1. The number of pyridine rings is 1. The Labute approximate surface area is 97.3 Å². The van der Waals surface area contributed by atoms with Crippen LogP contribution in [0.15, 0.2) is 42.6 Å². The second-order valence-corrected chi connectivity index (χ2v) is 4.47. The van der Waals surface area contributed by atoms with Gasteiger partial charge in [-0.3, -0.25) is 4.98 Å². The molecule has 1 heterocycles. The molecule has 0 amide bonds. The second-order valence-electron chi connectivity index (χ2n) is 3.23. The molecule has 0 spiro atoms. The molecule has 0 saturated heterocycles. The van der Waals surface area contributed by atoms with E-state index in [0.717, 1.165) is 5.69 Å². The summed E-state index contributed by atoms with van der Waals surface area (Å²) in [5.74, 6) is 0. The van der Waals surface area contributed by atoms with Crippen molar-refractivity contribution in [3.63, 3.8) is 0 Å². The lowest BCUT2D eigenvalue weighted by Gasteiger charge is -2.00. The maximum absolute atomic E-state index is 4.37. The number of aromatic nitrogens is 1. The minimum Gasteiger partial charge on any atom is -0.255 e. The van der Waals surface area contributed by atoms with Crippen LogP contribution in [-0.4, -0.2) is 4.98 Å². The van der Waals surface area contributed by atoms with E-state index in [9.17, 15) is 0 Å². The van der Waals surface area contributed by atoms with E-state index in [1.807, 2.05) is 12.3 Å². The number of benzene rings is 1. The first-order valence-corrected chi connectivity index (χ1v) is 5.52. The van der Waals surface area contributed by atoms with Crippen LogP contribution in [0.2, 0.25) is 0 Å². The summed E-state index contributed by atoms with van der Waals surface area (Å²) in [4.78, 5) is 4.37. The second kappa shape index (κ2) is 4.09. The smallest absolute Gasteiger partial charge is 0.0702 e. The summed E-state index contributed by atoms with van der Waals surface area (Å²) >= 11 is 2.26. The molecule has 0 saturated carbocycles. The molecular weight excluding hydrogens is 285 g/mol. The van der Waals surface area contributed by atoms with E-state index in [2.05, 4.69) is 64.8 Å².